The van der Waals surface area contributed by atoms with E-state index >= 15 is 0 Å². The van der Waals surface area contributed by atoms with Crippen molar-refractivity contribution in [2.75, 3.05) is 0 Å². The highest BCUT2D eigenvalue weighted by Gasteiger charge is 2.18. The topological polar surface area (TPSA) is 68.9 Å². The lowest BCUT2D eigenvalue weighted by molar-refractivity contribution is -0.122. The first-order chi connectivity index (χ1) is 16.5. The molecule has 170 valence electrons. The maximum Gasteiger partial charge on any atom is 0.291 e. The largest absolute Gasteiger partial charge is 0.350 e. The van der Waals surface area contributed by atoms with Crippen molar-refractivity contribution in [1.29, 1.82) is 0 Å². The van der Waals surface area contributed by atoms with Gasteiger partial charge in [-0.15, -0.1) is 0 Å². The molecule has 0 fully saturated rings. The standard InChI is InChI=1S/C26H20F2N4O2/c27-19-11-9-17(10-12-19)13-29-24(33)16-32-26(34)25-21(14-30-32)20-6-2-4-8-23(20)31(25)15-18-5-1-3-7-22(18)28/h1-12,14H,13,15-16H2,(H,29,33). The van der Waals surface area contributed by atoms with E-state index in [-0.39, 0.29) is 31.3 Å². The van der Waals surface area contributed by atoms with Crippen LogP contribution in [0.5, 0.6) is 0 Å². The molecule has 8 heteroatoms. The average Bonchev–Trinajstić information content (AvgIpc) is 3.16. The molecule has 2 aromatic heterocycles. The van der Waals surface area contributed by atoms with Crippen molar-refractivity contribution in [2.45, 2.75) is 19.6 Å². The van der Waals surface area contributed by atoms with Crippen molar-refractivity contribution in [1.82, 2.24) is 19.7 Å². The molecule has 0 aliphatic heterocycles. The number of rotatable bonds is 6. The number of para-hydroxylation sites is 1. The summed E-state index contributed by atoms with van der Waals surface area (Å²) < 4.78 is 30.3. The first-order valence-corrected chi connectivity index (χ1v) is 10.7. The van der Waals surface area contributed by atoms with Crippen LogP contribution in [0.1, 0.15) is 11.1 Å². The summed E-state index contributed by atoms with van der Waals surface area (Å²) in [6.07, 6.45) is 1.56. The Hall–Kier alpha value is -4.33. The van der Waals surface area contributed by atoms with Gasteiger partial charge in [0.15, 0.2) is 0 Å². The van der Waals surface area contributed by atoms with E-state index in [1.165, 1.54) is 18.2 Å². The molecule has 2 heterocycles. The second kappa shape index (κ2) is 8.90. The second-order valence-electron chi connectivity index (χ2n) is 7.97. The minimum atomic E-state index is -0.443. The minimum Gasteiger partial charge on any atom is -0.350 e. The van der Waals surface area contributed by atoms with Crippen LogP contribution in [0.15, 0.2) is 83.8 Å². The monoisotopic (exact) mass is 458 g/mol. The Morgan fingerprint density at radius 3 is 2.44 bits per heavy atom. The highest BCUT2D eigenvalue weighted by molar-refractivity contribution is 6.07. The van der Waals surface area contributed by atoms with Crippen LogP contribution >= 0.6 is 0 Å². The zero-order valence-corrected chi connectivity index (χ0v) is 18.0. The molecule has 5 rings (SSSR count). The lowest BCUT2D eigenvalue weighted by Gasteiger charge is -2.10. The lowest BCUT2D eigenvalue weighted by Crippen LogP contribution is -2.33. The fraction of sp³-hybridized carbons (Fsp3) is 0.115. The fourth-order valence-electron chi connectivity index (χ4n) is 4.06. The van der Waals surface area contributed by atoms with Gasteiger partial charge in [-0.1, -0.05) is 48.5 Å². The van der Waals surface area contributed by atoms with E-state index in [1.54, 1.807) is 41.1 Å². The van der Waals surface area contributed by atoms with Gasteiger partial charge in [-0.05, 0) is 29.8 Å². The third-order valence-corrected chi connectivity index (χ3v) is 5.76. The first kappa shape index (κ1) is 21.5. The third-order valence-electron chi connectivity index (χ3n) is 5.76. The Balaban J connectivity index is 1.49. The molecule has 0 saturated heterocycles. The van der Waals surface area contributed by atoms with Crippen molar-refractivity contribution in [3.8, 4) is 0 Å². The van der Waals surface area contributed by atoms with Gasteiger partial charge < -0.3 is 9.88 Å². The van der Waals surface area contributed by atoms with Gasteiger partial charge in [0.1, 0.15) is 23.7 Å². The van der Waals surface area contributed by atoms with E-state index in [1.807, 2.05) is 24.3 Å². The molecule has 34 heavy (non-hydrogen) atoms. The quantitative estimate of drug-likeness (QED) is 0.418. The van der Waals surface area contributed by atoms with Crippen LogP contribution in [0.3, 0.4) is 0 Å². The Morgan fingerprint density at radius 2 is 1.65 bits per heavy atom. The van der Waals surface area contributed by atoms with Gasteiger partial charge in [-0.2, -0.15) is 5.10 Å². The van der Waals surface area contributed by atoms with Gasteiger partial charge in [-0.3, -0.25) is 9.59 Å². The molecule has 5 aromatic rings. The number of aromatic nitrogens is 3. The zero-order chi connectivity index (χ0) is 23.7. The number of carbonyl (C=O) groups excluding carboxylic acids is 1. The van der Waals surface area contributed by atoms with Gasteiger partial charge in [0.25, 0.3) is 5.56 Å². The fourth-order valence-corrected chi connectivity index (χ4v) is 4.06. The number of benzene rings is 3. The van der Waals surface area contributed by atoms with E-state index in [0.717, 1.165) is 21.1 Å². The molecule has 0 aliphatic carbocycles. The lowest BCUT2D eigenvalue weighted by atomic mass is 10.2. The van der Waals surface area contributed by atoms with Crippen molar-refractivity contribution in [3.05, 3.63) is 112 Å². The number of carbonyl (C=O) groups is 1. The number of nitrogens with one attached hydrogen (secondary N) is 1. The van der Waals surface area contributed by atoms with Gasteiger partial charge in [0.2, 0.25) is 5.91 Å². The van der Waals surface area contributed by atoms with Crippen LogP contribution in [-0.4, -0.2) is 20.3 Å². The molecule has 0 spiro atoms. The normalized spacial score (nSPS) is 11.2. The maximum absolute atomic E-state index is 14.4. The third kappa shape index (κ3) is 4.05. The van der Waals surface area contributed by atoms with E-state index in [0.29, 0.717) is 16.5 Å². The van der Waals surface area contributed by atoms with Crippen molar-refractivity contribution in [2.24, 2.45) is 0 Å². The van der Waals surface area contributed by atoms with Crippen LogP contribution in [0.4, 0.5) is 8.78 Å². The van der Waals surface area contributed by atoms with Crippen LogP contribution in [0, 0.1) is 11.6 Å². The van der Waals surface area contributed by atoms with Crippen LogP contribution in [0.2, 0.25) is 0 Å². The van der Waals surface area contributed by atoms with Crippen LogP contribution in [-0.2, 0) is 24.4 Å². The highest BCUT2D eigenvalue weighted by Crippen LogP contribution is 2.27. The number of hydrogen-bond acceptors (Lipinski definition) is 3. The predicted molar refractivity (Wildman–Crippen MR) is 125 cm³/mol. The molecular formula is C26H20F2N4O2. The van der Waals surface area contributed by atoms with Gasteiger partial charge in [0.05, 0.1) is 12.7 Å². The SMILES string of the molecule is O=C(Cn1ncc2c3ccccc3n(Cc3ccccc3F)c2c1=O)NCc1ccc(F)cc1. The summed E-state index contributed by atoms with van der Waals surface area (Å²) in [5.41, 5.74) is 1.87. The molecule has 0 bridgehead atoms. The number of nitrogens with zero attached hydrogens (tertiary/aromatic N) is 3. The minimum absolute atomic E-state index is 0.159. The first-order valence-electron chi connectivity index (χ1n) is 10.7. The Bertz CT molecular complexity index is 1570. The van der Waals surface area contributed by atoms with Gasteiger partial charge in [0, 0.05) is 28.4 Å². The van der Waals surface area contributed by atoms with E-state index in [4.69, 9.17) is 0 Å². The number of amides is 1. The van der Waals surface area contributed by atoms with Crippen LogP contribution < -0.4 is 10.9 Å². The Kier molecular flexibility index (Phi) is 5.63. The summed E-state index contributed by atoms with van der Waals surface area (Å²) in [6, 6.07) is 19.7. The molecule has 6 nitrogen and oxygen atoms in total. The molecule has 1 N–H and O–H groups in total. The van der Waals surface area contributed by atoms with E-state index in [2.05, 4.69) is 10.4 Å². The predicted octanol–water partition coefficient (Wildman–Crippen LogP) is 3.99. The molecule has 0 saturated carbocycles. The van der Waals surface area contributed by atoms with E-state index in [9.17, 15) is 18.4 Å². The summed E-state index contributed by atoms with van der Waals surface area (Å²) in [7, 11) is 0. The second-order valence-corrected chi connectivity index (χ2v) is 7.97. The molecule has 3 aromatic carbocycles. The highest BCUT2D eigenvalue weighted by atomic mass is 19.1. The zero-order valence-electron chi connectivity index (χ0n) is 18.0. The van der Waals surface area contributed by atoms with Gasteiger partial charge in [-0.25, -0.2) is 13.5 Å². The molecule has 0 unspecified atom stereocenters. The summed E-state index contributed by atoms with van der Waals surface area (Å²) in [5.74, 6) is -1.12. The molecule has 0 radical (unpaired) electrons. The Morgan fingerprint density at radius 1 is 0.912 bits per heavy atom. The van der Waals surface area contributed by atoms with E-state index < -0.39 is 11.5 Å². The van der Waals surface area contributed by atoms with Crippen LogP contribution in [0.25, 0.3) is 21.8 Å². The van der Waals surface area contributed by atoms with Crippen molar-refractivity contribution < 1.29 is 13.6 Å². The smallest absolute Gasteiger partial charge is 0.291 e. The van der Waals surface area contributed by atoms with Crippen molar-refractivity contribution >= 4 is 27.7 Å². The van der Waals surface area contributed by atoms with Gasteiger partial charge >= 0.3 is 0 Å². The molecule has 0 atom stereocenters. The van der Waals surface area contributed by atoms with Crippen molar-refractivity contribution in [3.63, 3.8) is 0 Å². The number of fused-ring (bicyclic) bond motifs is 3. The Labute approximate surface area is 193 Å². The average molecular weight is 458 g/mol. The summed E-state index contributed by atoms with van der Waals surface area (Å²) in [6.45, 7) is 0.0769. The number of hydrogen-bond donors (Lipinski definition) is 1. The molecular weight excluding hydrogens is 438 g/mol. The molecule has 0 aliphatic rings. The summed E-state index contributed by atoms with van der Waals surface area (Å²) in [5, 5.41) is 8.38. The molecule has 1 amide bonds. The number of halogens is 2. The maximum atomic E-state index is 14.4. The summed E-state index contributed by atoms with van der Waals surface area (Å²) >= 11 is 0. The summed E-state index contributed by atoms with van der Waals surface area (Å²) in [4.78, 5) is 25.9.